The van der Waals surface area contributed by atoms with Gasteiger partial charge in [-0.3, -0.25) is 9.88 Å². The van der Waals surface area contributed by atoms with Crippen LogP contribution in [0.25, 0.3) is 0 Å². The fraction of sp³-hybridized carbons (Fsp3) is 0.688. The van der Waals surface area contributed by atoms with Crippen LogP contribution in [0.5, 0.6) is 0 Å². The number of aryl methyl sites for hydroxylation is 1. The third-order valence-electron chi connectivity index (χ3n) is 4.34. The summed E-state index contributed by atoms with van der Waals surface area (Å²) >= 11 is 0. The molecule has 2 fully saturated rings. The number of likely N-dealkylation sites (tertiary alicyclic amines) is 1. The summed E-state index contributed by atoms with van der Waals surface area (Å²) in [5.41, 5.74) is 2.22. The van der Waals surface area contributed by atoms with Gasteiger partial charge in [-0.25, -0.2) is 0 Å². The van der Waals surface area contributed by atoms with Crippen molar-refractivity contribution in [3.63, 3.8) is 0 Å². The van der Waals surface area contributed by atoms with Crippen molar-refractivity contribution in [2.24, 2.45) is 0 Å². The van der Waals surface area contributed by atoms with Crippen LogP contribution in [0.2, 0.25) is 0 Å². The highest BCUT2D eigenvalue weighted by molar-refractivity contribution is 5.12. The zero-order valence-corrected chi connectivity index (χ0v) is 12.3. The van der Waals surface area contributed by atoms with E-state index in [0.29, 0.717) is 18.8 Å². The van der Waals surface area contributed by atoms with Crippen LogP contribution in [-0.2, 0) is 16.1 Å². The topological polar surface area (TPSA) is 34.6 Å². The molecular formula is C16H24N2O2. The Balaban J connectivity index is 1.44. The first-order chi connectivity index (χ1) is 9.81. The lowest BCUT2D eigenvalue weighted by Gasteiger charge is -2.30. The van der Waals surface area contributed by atoms with Gasteiger partial charge in [0.25, 0.3) is 0 Å². The molecule has 0 aromatic carbocycles. The number of nitrogens with zero attached hydrogens (tertiary/aromatic N) is 2. The number of hydrogen-bond acceptors (Lipinski definition) is 4. The fourth-order valence-electron chi connectivity index (χ4n) is 3.07. The van der Waals surface area contributed by atoms with E-state index in [1.807, 2.05) is 19.2 Å². The maximum absolute atomic E-state index is 6.04. The van der Waals surface area contributed by atoms with Gasteiger partial charge in [-0.2, -0.15) is 0 Å². The van der Waals surface area contributed by atoms with Gasteiger partial charge in [-0.05, 0) is 37.8 Å². The Morgan fingerprint density at radius 3 is 2.90 bits per heavy atom. The average molecular weight is 276 g/mol. The quantitative estimate of drug-likeness (QED) is 0.844. The van der Waals surface area contributed by atoms with Crippen LogP contribution >= 0.6 is 0 Å². The average Bonchev–Trinajstić information content (AvgIpc) is 2.97. The monoisotopic (exact) mass is 276 g/mol. The minimum absolute atomic E-state index is 0.374. The number of ether oxygens (including phenoxy) is 2. The van der Waals surface area contributed by atoms with Gasteiger partial charge >= 0.3 is 0 Å². The molecule has 3 heterocycles. The number of rotatable bonds is 4. The van der Waals surface area contributed by atoms with E-state index in [2.05, 4.69) is 16.0 Å². The maximum atomic E-state index is 6.04. The molecule has 1 atom stereocenters. The largest absolute Gasteiger partial charge is 0.381 e. The molecule has 0 bridgehead atoms. The van der Waals surface area contributed by atoms with Crippen molar-refractivity contribution in [2.75, 3.05) is 26.3 Å². The summed E-state index contributed by atoms with van der Waals surface area (Å²) in [4.78, 5) is 6.89. The third-order valence-corrected chi connectivity index (χ3v) is 4.34. The summed E-state index contributed by atoms with van der Waals surface area (Å²) in [7, 11) is 0. The van der Waals surface area contributed by atoms with Crippen molar-refractivity contribution < 1.29 is 9.47 Å². The number of pyridine rings is 1. The lowest BCUT2D eigenvalue weighted by Crippen LogP contribution is -2.38. The van der Waals surface area contributed by atoms with E-state index in [4.69, 9.17) is 9.47 Å². The van der Waals surface area contributed by atoms with Gasteiger partial charge in [0.05, 0.1) is 12.7 Å². The molecule has 2 aliphatic rings. The molecule has 20 heavy (non-hydrogen) atoms. The first-order valence-electron chi connectivity index (χ1n) is 7.66. The normalized spacial score (nSPS) is 25.1. The molecule has 4 nitrogen and oxygen atoms in total. The Hall–Kier alpha value is -0.970. The van der Waals surface area contributed by atoms with E-state index in [1.165, 1.54) is 24.9 Å². The molecule has 0 radical (unpaired) electrons. The van der Waals surface area contributed by atoms with Gasteiger partial charge in [0.15, 0.2) is 0 Å². The lowest BCUT2D eigenvalue weighted by molar-refractivity contribution is 0.0205. The van der Waals surface area contributed by atoms with Crippen LogP contribution in [0.1, 0.15) is 30.5 Å². The van der Waals surface area contributed by atoms with Crippen molar-refractivity contribution in [1.82, 2.24) is 9.88 Å². The minimum atomic E-state index is 0.374. The predicted octanol–water partition coefficient (Wildman–Crippen LogP) is 2.16. The van der Waals surface area contributed by atoms with E-state index in [9.17, 15) is 0 Å². The van der Waals surface area contributed by atoms with E-state index in [0.717, 1.165) is 31.9 Å². The van der Waals surface area contributed by atoms with E-state index in [1.54, 1.807) is 0 Å². The molecular weight excluding hydrogens is 252 g/mol. The highest BCUT2D eigenvalue weighted by Crippen LogP contribution is 2.22. The van der Waals surface area contributed by atoms with Crippen LogP contribution in [-0.4, -0.2) is 48.3 Å². The van der Waals surface area contributed by atoms with Crippen LogP contribution in [0.3, 0.4) is 0 Å². The fourth-order valence-corrected chi connectivity index (χ4v) is 3.07. The van der Waals surface area contributed by atoms with Crippen molar-refractivity contribution in [2.45, 2.75) is 44.9 Å². The second-order valence-corrected chi connectivity index (χ2v) is 5.87. The van der Waals surface area contributed by atoms with E-state index < -0.39 is 0 Å². The summed E-state index contributed by atoms with van der Waals surface area (Å²) in [6, 6.07) is 4.85. The maximum Gasteiger partial charge on any atom is 0.0736 e. The van der Waals surface area contributed by atoms with Crippen molar-refractivity contribution in [3.05, 3.63) is 29.6 Å². The SMILES string of the molecule is Cc1ccc(CO[C@@H]2CCN(C3CCOCC3)C2)cn1. The van der Waals surface area contributed by atoms with Gasteiger partial charge < -0.3 is 9.47 Å². The van der Waals surface area contributed by atoms with Gasteiger partial charge in [0.2, 0.25) is 0 Å². The second kappa shape index (κ2) is 6.66. The molecule has 0 aliphatic carbocycles. The summed E-state index contributed by atoms with van der Waals surface area (Å²) < 4.78 is 11.5. The zero-order valence-electron chi connectivity index (χ0n) is 12.3. The van der Waals surface area contributed by atoms with E-state index in [-0.39, 0.29) is 0 Å². The number of hydrogen-bond donors (Lipinski definition) is 0. The van der Waals surface area contributed by atoms with Crippen LogP contribution in [0.15, 0.2) is 18.3 Å². The van der Waals surface area contributed by atoms with Crippen LogP contribution in [0.4, 0.5) is 0 Å². The smallest absolute Gasteiger partial charge is 0.0736 e. The Labute approximate surface area is 121 Å². The molecule has 1 aromatic rings. The highest BCUT2D eigenvalue weighted by Gasteiger charge is 2.29. The predicted molar refractivity (Wildman–Crippen MR) is 77.6 cm³/mol. The van der Waals surface area contributed by atoms with Crippen molar-refractivity contribution in [3.8, 4) is 0 Å². The molecule has 0 N–H and O–H groups in total. The van der Waals surface area contributed by atoms with Gasteiger partial charge in [-0.1, -0.05) is 6.07 Å². The molecule has 110 valence electrons. The van der Waals surface area contributed by atoms with Crippen LogP contribution in [0, 0.1) is 6.92 Å². The Kier molecular flexibility index (Phi) is 4.65. The van der Waals surface area contributed by atoms with Gasteiger partial charge in [-0.15, -0.1) is 0 Å². The molecule has 0 spiro atoms. The number of aromatic nitrogens is 1. The molecule has 4 heteroatoms. The van der Waals surface area contributed by atoms with Gasteiger partial charge in [0.1, 0.15) is 0 Å². The standard InChI is InChI=1S/C16H24N2O2/c1-13-2-3-14(10-17-13)12-20-16-4-7-18(11-16)15-5-8-19-9-6-15/h2-3,10,15-16H,4-9,11-12H2,1H3/t16-/m1/s1. The second-order valence-electron chi connectivity index (χ2n) is 5.87. The molecule has 0 unspecified atom stereocenters. The van der Waals surface area contributed by atoms with Gasteiger partial charge in [0, 0.05) is 44.2 Å². The first kappa shape index (κ1) is 14.0. The summed E-state index contributed by atoms with van der Waals surface area (Å²) in [5, 5.41) is 0. The molecule has 1 aromatic heterocycles. The Bertz CT molecular complexity index is 415. The molecule has 0 saturated carbocycles. The molecule has 0 amide bonds. The summed E-state index contributed by atoms with van der Waals surface area (Å²) in [6.07, 6.45) is 5.79. The first-order valence-corrected chi connectivity index (χ1v) is 7.66. The third kappa shape index (κ3) is 3.57. The lowest BCUT2D eigenvalue weighted by atomic mass is 10.1. The molecule has 3 rings (SSSR count). The van der Waals surface area contributed by atoms with Crippen molar-refractivity contribution >= 4 is 0 Å². The minimum Gasteiger partial charge on any atom is -0.381 e. The Morgan fingerprint density at radius 1 is 1.30 bits per heavy atom. The zero-order chi connectivity index (χ0) is 13.8. The summed E-state index contributed by atoms with van der Waals surface area (Å²) in [5.74, 6) is 0. The van der Waals surface area contributed by atoms with E-state index >= 15 is 0 Å². The van der Waals surface area contributed by atoms with Crippen molar-refractivity contribution in [1.29, 1.82) is 0 Å². The Morgan fingerprint density at radius 2 is 2.15 bits per heavy atom. The van der Waals surface area contributed by atoms with Crippen LogP contribution < -0.4 is 0 Å². The highest BCUT2D eigenvalue weighted by atomic mass is 16.5. The summed E-state index contributed by atoms with van der Waals surface area (Å²) in [6.45, 7) is 6.77. The molecule has 2 aliphatic heterocycles. The molecule has 2 saturated heterocycles.